The zero-order valence-electron chi connectivity index (χ0n) is 16.9. The van der Waals surface area contributed by atoms with Crippen molar-refractivity contribution in [1.82, 2.24) is 14.8 Å². The van der Waals surface area contributed by atoms with Gasteiger partial charge in [0.2, 0.25) is 5.91 Å². The van der Waals surface area contributed by atoms with Gasteiger partial charge >= 0.3 is 0 Å². The van der Waals surface area contributed by atoms with E-state index in [1.807, 2.05) is 6.07 Å². The molecule has 162 valence electrons. The molecule has 32 heavy (non-hydrogen) atoms. The summed E-state index contributed by atoms with van der Waals surface area (Å²) in [4.78, 5) is 12.7. The molecule has 3 aromatic rings. The van der Waals surface area contributed by atoms with Gasteiger partial charge in [0.15, 0.2) is 0 Å². The molecule has 0 saturated heterocycles. The quantitative estimate of drug-likeness (QED) is 0.485. The predicted octanol–water partition coefficient (Wildman–Crippen LogP) is 5.14. The number of aromatic nitrogens is 2. The van der Waals surface area contributed by atoms with Crippen LogP contribution in [0.2, 0.25) is 5.02 Å². The number of hydrazone groups is 1. The van der Waals surface area contributed by atoms with Crippen LogP contribution >= 0.6 is 11.6 Å². The molecule has 1 atom stereocenters. The van der Waals surface area contributed by atoms with E-state index in [2.05, 4.69) is 16.8 Å². The standard InChI is InChI=1S/C23H18ClF2N5O/c1-14(13-30-22-10-20(24)16(11-27)6-17(22)12-29-30)2-3-23(32)31-21(4-5-28-31)15-7-18(25)9-19(26)8-15/h5-10,12,21H,1-4,13H2. The number of allylic oxidation sites excluding steroid dienone is 1. The maximum Gasteiger partial charge on any atom is 0.243 e. The zero-order valence-corrected chi connectivity index (χ0v) is 17.7. The summed E-state index contributed by atoms with van der Waals surface area (Å²) in [5.74, 6) is -1.65. The summed E-state index contributed by atoms with van der Waals surface area (Å²) in [5, 5.41) is 19.9. The summed E-state index contributed by atoms with van der Waals surface area (Å²) in [5.41, 5.74) is 2.27. The van der Waals surface area contributed by atoms with Gasteiger partial charge in [-0.15, -0.1) is 0 Å². The molecule has 0 aliphatic carbocycles. The van der Waals surface area contributed by atoms with Crippen LogP contribution in [0.3, 0.4) is 0 Å². The molecule has 0 N–H and O–H groups in total. The van der Waals surface area contributed by atoms with Crippen LogP contribution in [-0.4, -0.2) is 26.9 Å². The first-order chi connectivity index (χ1) is 15.4. The van der Waals surface area contributed by atoms with Crippen LogP contribution in [-0.2, 0) is 11.3 Å². The monoisotopic (exact) mass is 453 g/mol. The lowest BCUT2D eigenvalue weighted by atomic mass is 10.0. The lowest BCUT2D eigenvalue weighted by molar-refractivity contribution is -0.133. The van der Waals surface area contributed by atoms with Crippen LogP contribution in [0.25, 0.3) is 10.9 Å². The molecule has 0 bridgehead atoms. The molecule has 9 heteroatoms. The Morgan fingerprint density at radius 2 is 1.97 bits per heavy atom. The van der Waals surface area contributed by atoms with Crippen molar-refractivity contribution in [3.05, 3.63) is 76.5 Å². The third-order valence-corrected chi connectivity index (χ3v) is 5.58. The van der Waals surface area contributed by atoms with Crippen LogP contribution < -0.4 is 0 Å². The van der Waals surface area contributed by atoms with Gasteiger partial charge in [-0.25, -0.2) is 13.8 Å². The molecule has 1 aromatic heterocycles. The summed E-state index contributed by atoms with van der Waals surface area (Å²) in [7, 11) is 0. The van der Waals surface area contributed by atoms with E-state index in [-0.39, 0.29) is 12.3 Å². The minimum absolute atomic E-state index is 0.142. The number of halogens is 3. The van der Waals surface area contributed by atoms with Crippen molar-refractivity contribution in [2.24, 2.45) is 5.10 Å². The van der Waals surface area contributed by atoms with E-state index in [0.29, 0.717) is 35.5 Å². The number of nitriles is 1. The molecule has 0 fully saturated rings. The first kappa shape index (κ1) is 21.7. The van der Waals surface area contributed by atoms with Gasteiger partial charge in [0.1, 0.15) is 17.7 Å². The van der Waals surface area contributed by atoms with Crippen molar-refractivity contribution in [3.8, 4) is 6.07 Å². The first-order valence-corrected chi connectivity index (χ1v) is 10.3. The van der Waals surface area contributed by atoms with Crippen molar-refractivity contribution >= 4 is 34.6 Å². The Labute approximate surface area is 188 Å². The van der Waals surface area contributed by atoms with E-state index in [1.165, 1.54) is 17.1 Å². The summed E-state index contributed by atoms with van der Waals surface area (Å²) in [6, 6.07) is 8.09. The van der Waals surface area contributed by atoms with E-state index in [4.69, 9.17) is 16.9 Å². The van der Waals surface area contributed by atoms with Crippen molar-refractivity contribution < 1.29 is 13.6 Å². The number of carbonyl (C=O) groups is 1. The van der Waals surface area contributed by atoms with Gasteiger partial charge < -0.3 is 0 Å². The van der Waals surface area contributed by atoms with Gasteiger partial charge in [-0.3, -0.25) is 9.48 Å². The van der Waals surface area contributed by atoms with Gasteiger partial charge in [0.25, 0.3) is 0 Å². The zero-order chi connectivity index (χ0) is 22.8. The number of hydrogen-bond donors (Lipinski definition) is 0. The second-order valence-electron chi connectivity index (χ2n) is 7.55. The Hall–Kier alpha value is -3.57. The second kappa shape index (κ2) is 8.89. The number of amides is 1. The summed E-state index contributed by atoms with van der Waals surface area (Å²) in [6.07, 6.45) is 4.13. The molecule has 1 aliphatic heterocycles. The van der Waals surface area contributed by atoms with Gasteiger partial charge in [-0.05, 0) is 36.2 Å². The highest BCUT2D eigenvalue weighted by atomic mass is 35.5. The first-order valence-electron chi connectivity index (χ1n) is 9.88. The Balaban J connectivity index is 1.40. The fourth-order valence-corrected chi connectivity index (χ4v) is 3.90. The molecule has 2 aromatic carbocycles. The van der Waals surface area contributed by atoms with Crippen molar-refractivity contribution in [3.63, 3.8) is 0 Å². The molecule has 0 spiro atoms. The smallest absolute Gasteiger partial charge is 0.243 e. The van der Waals surface area contributed by atoms with Gasteiger partial charge in [-0.1, -0.05) is 23.8 Å². The number of benzene rings is 2. The highest BCUT2D eigenvalue weighted by molar-refractivity contribution is 6.32. The SMILES string of the molecule is C=C(CCC(=O)N1N=CCC1c1cc(F)cc(F)c1)Cn1ncc2cc(C#N)c(Cl)cc21. The Kier molecular flexibility index (Phi) is 6.01. The number of fused-ring (bicyclic) bond motifs is 1. The fourth-order valence-electron chi connectivity index (χ4n) is 3.70. The molecule has 2 heterocycles. The van der Waals surface area contributed by atoms with E-state index >= 15 is 0 Å². The predicted molar refractivity (Wildman–Crippen MR) is 117 cm³/mol. The maximum absolute atomic E-state index is 13.6. The number of nitrogens with zero attached hydrogens (tertiary/aromatic N) is 5. The van der Waals surface area contributed by atoms with E-state index < -0.39 is 17.7 Å². The van der Waals surface area contributed by atoms with E-state index in [0.717, 1.165) is 22.5 Å². The van der Waals surface area contributed by atoms with Crippen LogP contribution in [0.15, 0.2) is 53.8 Å². The Bertz CT molecular complexity index is 1270. The average Bonchev–Trinajstić information content (AvgIpc) is 3.38. The van der Waals surface area contributed by atoms with E-state index in [1.54, 1.807) is 29.2 Å². The third-order valence-electron chi connectivity index (χ3n) is 5.27. The summed E-state index contributed by atoms with van der Waals surface area (Å²) in [6.45, 7) is 4.41. The Morgan fingerprint density at radius 3 is 2.69 bits per heavy atom. The van der Waals surface area contributed by atoms with Gasteiger partial charge in [-0.2, -0.15) is 15.5 Å². The number of rotatable bonds is 6. The number of carbonyl (C=O) groups excluding carboxylic acids is 1. The second-order valence-corrected chi connectivity index (χ2v) is 7.95. The van der Waals surface area contributed by atoms with Crippen LogP contribution in [0.4, 0.5) is 8.78 Å². The highest BCUT2D eigenvalue weighted by Crippen LogP contribution is 2.30. The molecule has 4 rings (SSSR count). The lowest BCUT2D eigenvalue weighted by Gasteiger charge is -2.22. The number of hydrogen-bond acceptors (Lipinski definition) is 4. The summed E-state index contributed by atoms with van der Waals surface area (Å²) < 4.78 is 28.9. The topological polar surface area (TPSA) is 74.3 Å². The van der Waals surface area contributed by atoms with Crippen LogP contribution in [0.5, 0.6) is 0 Å². The van der Waals surface area contributed by atoms with Crippen molar-refractivity contribution in [1.29, 1.82) is 5.26 Å². The van der Waals surface area contributed by atoms with Gasteiger partial charge in [0.05, 0.1) is 34.9 Å². The minimum Gasteiger partial charge on any atom is -0.273 e. The summed E-state index contributed by atoms with van der Waals surface area (Å²) >= 11 is 6.13. The minimum atomic E-state index is -0.693. The lowest BCUT2D eigenvalue weighted by Crippen LogP contribution is -2.27. The molecule has 0 radical (unpaired) electrons. The average molecular weight is 454 g/mol. The Morgan fingerprint density at radius 1 is 1.22 bits per heavy atom. The largest absolute Gasteiger partial charge is 0.273 e. The third kappa shape index (κ3) is 4.39. The van der Waals surface area contributed by atoms with Crippen molar-refractivity contribution in [2.75, 3.05) is 0 Å². The normalized spacial score (nSPS) is 15.3. The van der Waals surface area contributed by atoms with Crippen LogP contribution in [0, 0.1) is 23.0 Å². The molecular formula is C23H18ClF2N5O. The molecular weight excluding hydrogens is 436 g/mol. The van der Waals surface area contributed by atoms with Crippen LogP contribution in [0.1, 0.15) is 36.4 Å². The molecule has 0 saturated carbocycles. The maximum atomic E-state index is 13.6. The molecule has 1 amide bonds. The van der Waals surface area contributed by atoms with E-state index in [9.17, 15) is 13.6 Å². The van der Waals surface area contributed by atoms with Crippen molar-refractivity contribution in [2.45, 2.75) is 31.8 Å². The fraction of sp³-hybridized carbons (Fsp3) is 0.217. The highest BCUT2D eigenvalue weighted by Gasteiger charge is 2.28. The molecule has 6 nitrogen and oxygen atoms in total. The van der Waals surface area contributed by atoms with Gasteiger partial charge in [0, 0.05) is 30.5 Å². The molecule has 1 unspecified atom stereocenters. The molecule has 1 aliphatic rings.